The first-order valence-electron chi connectivity index (χ1n) is 7.10. The molecule has 2 aliphatic heterocycles. The molecular weight excluding hydrogens is 390 g/mol. The van der Waals surface area contributed by atoms with Crippen LogP contribution in [0.2, 0.25) is 0 Å². The second-order valence-corrected chi connectivity index (χ2v) is 7.72. The fourth-order valence-electron chi connectivity index (χ4n) is 2.58. The van der Waals surface area contributed by atoms with Gasteiger partial charge >= 0.3 is 0 Å². The molecular formula is C17H12BrN3S2. The van der Waals surface area contributed by atoms with Crippen molar-refractivity contribution >= 4 is 55.1 Å². The molecule has 0 bridgehead atoms. The predicted octanol–water partition coefficient (Wildman–Crippen LogP) is 4.74. The minimum absolute atomic E-state index is 0.0141. The molecule has 23 heavy (non-hydrogen) atoms. The fraction of sp³-hybridized carbons (Fsp3) is 0.0588. The number of hydrazine groups is 1. The number of nitrogens with zero attached hydrogens (tertiary/aromatic N) is 2. The minimum atomic E-state index is -0.0141. The van der Waals surface area contributed by atoms with Crippen LogP contribution in [0, 0.1) is 0 Å². The number of halogens is 1. The molecule has 2 aliphatic rings. The summed E-state index contributed by atoms with van der Waals surface area (Å²) in [6.07, 6.45) is 2.17. The lowest BCUT2D eigenvalue weighted by Gasteiger charge is -2.27. The minimum Gasteiger partial charge on any atom is -0.276 e. The number of benzene rings is 2. The molecule has 0 radical (unpaired) electrons. The summed E-state index contributed by atoms with van der Waals surface area (Å²) in [5.74, 6) is 0. The van der Waals surface area contributed by atoms with Crippen LogP contribution in [-0.2, 0) is 0 Å². The van der Waals surface area contributed by atoms with Gasteiger partial charge < -0.3 is 0 Å². The fourth-order valence-corrected chi connectivity index (χ4v) is 3.87. The molecule has 1 saturated heterocycles. The summed E-state index contributed by atoms with van der Waals surface area (Å²) in [5.41, 5.74) is 6.58. The molecule has 0 aromatic heterocycles. The molecule has 3 nitrogen and oxygen atoms in total. The van der Waals surface area contributed by atoms with Crippen LogP contribution in [0.3, 0.4) is 0 Å². The van der Waals surface area contributed by atoms with Gasteiger partial charge in [-0.05, 0) is 41.1 Å². The largest absolute Gasteiger partial charge is 0.276 e. The standard InChI is InChI=1S/C17H12BrN3S2/c18-13-8-6-11(7-9-13)14-10-15(12-4-2-1-3-5-12)21-16(19-14)23-17(22)20-21/h1-10,14H,(H,20,22). The van der Waals surface area contributed by atoms with Crippen molar-refractivity contribution in [3.63, 3.8) is 0 Å². The lowest BCUT2D eigenvalue weighted by molar-refractivity contribution is 0.539. The number of aliphatic imine (C=N–C) groups is 1. The maximum atomic E-state index is 5.30. The maximum absolute atomic E-state index is 5.30. The molecule has 2 heterocycles. The van der Waals surface area contributed by atoms with E-state index in [4.69, 9.17) is 17.2 Å². The van der Waals surface area contributed by atoms with Gasteiger partial charge in [-0.2, -0.15) is 0 Å². The van der Waals surface area contributed by atoms with E-state index in [-0.39, 0.29) is 6.04 Å². The second-order valence-electron chi connectivity index (χ2n) is 5.16. The van der Waals surface area contributed by atoms with Gasteiger partial charge in [0.2, 0.25) is 0 Å². The summed E-state index contributed by atoms with van der Waals surface area (Å²) >= 11 is 10.3. The number of hydrogen-bond donors (Lipinski definition) is 1. The Morgan fingerprint density at radius 3 is 2.57 bits per heavy atom. The summed E-state index contributed by atoms with van der Waals surface area (Å²) in [6, 6.07) is 18.6. The SMILES string of the molecule is S=C1NN2C(c3ccccc3)=CC(c3ccc(Br)cc3)N=C2S1. The van der Waals surface area contributed by atoms with Crippen molar-refractivity contribution < 1.29 is 0 Å². The Kier molecular flexibility index (Phi) is 3.97. The molecule has 0 saturated carbocycles. The third-order valence-electron chi connectivity index (χ3n) is 3.67. The number of nitrogens with one attached hydrogen (secondary N) is 1. The van der Waals surface area contributed by atoms with Gasteiger partial charge in [0.25, 0.3) is 0 Å². The van der Waals surface area contributed by atoms with Gasteiger partial charge in [0.15, 0.2) is 9.49 Å². The number of rotatable bonds is 2. The molecule has 1 atom stereocenters. The predicted molar refractivity (Wildman–Crippen MR) is 104 cm³/mol. The average molecular weight is 402 g/mol. The highest BCUT2D eigenvalue weighted by Gasteiger charge is 2.32. The molecule has 114 valence electrons. The van der Waals surface area contributed by atoms with Crippen LogP contribution in [0.25, 0.3) is 5.70 Å². The molecule has 1 N–H and O–H groups in total. The Hall–Kier alpha value is -1.63. The van der Waals surface area contributed by atoms with Crippen molar-refractivity contribution in [1.29, 1.82) is 0 Å². The van der Waals surface area contributed by atoms with E-state index in [2.05, 4.69) is 51.7 Å². The number of thiocarbonyl (C=S) groups is 1. The number of amidine groups is 1. The third kappa shape index (κ3) is 2.94. The van der Waals surface area contributed by atoms with Crippen LogP contribution < -0.4 is 5.43 Å². The van der Waals surface area contributed by atoms with Crippen molar-refractivity contribution in [2.75, 3.05) is 0 Å². The monoisotopic (exact) mass is 401 g/mol. The molecule has 1 fully saturated rings. The van der Waals surface area contributed by atoms with Crippen LogP contribution in [-0.4, -0.2) is 14.5 Å². The van der Waals surface area contributed by atoms with Crippen molar-refractivity contribution in [2.45, 2.75) is 6.04 Å². The quantitative estimate of drug-likeness (QED) is 0.735. The Morgan fingerprint density at radius 2 is 1.83 bits per heavy atom. The Labute approximate surface area is 152 Å². The Balaban J connectivity index is 1.79. The zero-order valence-corrected chi connectivity index (χ0v) is 15.2. The van der Waals surface area contributed by atoms with Crippen LogP contribution in [0.1, 0.15) is 17.2 Å². The van der Waals surface area contributed by atoms with Gasteiger partial charge in [-0.15, -0.1) is 0 Å². The van der Waals surface area contributed by atoms with E-state index >= 15 is 0 Å². The van der Waals surface area contributed by atoms with Gasteiger partial charge in [-0.1, -0.05) is 70.6 Å². The van der Waals surface area contributed by atoms with Crippen molar-refractivity contribution in [3.8, 4) is 0 Å². The number of thioether (sulfide) groups is 1. The summed E-state index contributed by atoms with van der Waals surface area (Å²) in [5, 5.41) is 2.86. The van der Waals surface area contributed by atoms with E-state index in [0.29, 0.717) is 0 Å². The molecule has 6 heteroatoms. The highest BCUT2D eigenvalue weighted by Crippen LogP contribution is 2.36. The smallest absolute Gasteiger partial charge is 0.191 e. The first-order chi connectivity index (χ1) is 11.2. The van der Waals surface area contributed by atoms with Crippen LogP contribution in [0.5, 0.6) is 0 Å². The topological polar surface area (TPSA) is 27.6 Å². The first-order valence-corrected chi connectivity index (χ1v) is 9.11. The lowest BCUT2D eigenvalue weighted by Crippen LogP contribution is -2.36. The summed E-state index contributed by atoms with van der Waals surface area (Å²) in [7, 11) is 0. The molecule has 4 rings (SSSR count). The Morgan fingerprint density at radius 1 is 1.09 bits per heavy atom. The van der Waals surface area contributed by atoms with E-state index in [1.54, 1.807) is 0 Å². The van der Waals surface area contributed by atoms with Gasteiger partial charge in [-0.25, -0.2) is 10.0 Å². The number of hydrogen-bond acceptors (Lipinski definition) is 4. The second kappa shape index (κ2) is 6.11. The van der Waals surface area contributed by atoms with Crippen LogP contribution in [0.4, 0.5) is 0 Å². The van der Waals surface area contributed by atoms with Crippen LogP contribution in [0.15, 0.2) is 70.1 Å². The van der Waals surface area contributed by atoms with Gasteiger partial charge in [-0.3, -0.25) is 5.43 Å². The van der Waals surface area contributed by atoms with Crippen molar-refractivity contribution in [1.82, 2.24) is 10.4 Å². The molecule has 1 unspecified atom stereocenters. The zero-order valence-electron chi connectivity index (χ0n) is 11.9. The summed E-state index contributed by atoms with van der Waals surface area (Å²) < 4.78 is 1.79. The highest BCUT2D eigenvalue weighted by atomic mass is 79.9. The van der Waals surface area contributed by atoms with Gasteiger partial charge in [0, 0.05) is 4.47 Å². The van der Waals surface area contributed by atoms with Crippen molar-refractivity contribution in [2.24, 2.45) is 4.99 Å². The maximum Gasteiger partial charge on any atom is 0.191 e. The van der Waals surface area contributed by atoms with E-state index in [0.717, 1.165) is 30.8 Å². The Bertz CT molecular complexity index is 815. The van der Waals surface area contributed by atoms with E-state index in [1.807, 2.05) is 35.3 Å². The van der Waals surface area contributed by atoms with E-state index < -0.39 is 0 Å². The lowest BCUT2D eigenvalue weighted by atomic mass is 10.0. The van der Waals surface area contributed by atoms with E-state index in [9.17, 15) is 0 Å². The molecule has 0 aliphatic carbocycles. The highest BCUT2D eigenvalue weighted by molar-refractivity contribution is 9.10. The van der Waals surface area contributed by atoms with Gasteiger partial charge in [0.1, 0.15) is 0 Å². The molecule has 2 aromatic carbocycles. The average Bonchev–Trinajstić information content (AvgIpc) is 2.95. The van der Waals surface area contributed by atoms with Gasteiger partial charge in [0.05, 0.1) is 11.7 Å². The molecule has 0 spiro atoms. The first kappa shape index (κ1) is 14.9. The summed E-state index contributed by atoms with van der Waals surface area (Å²) in [6.45, 7) is 0. The van der Waals surface area contributed by atoms with E-state index in [1.165, 1.54) is 11.8 Å². The molecule has 0 amide bonds. The third-order valence-corrected chi connectivity index (χ3v) is 5.28. The normalized spacial score (nSPS) is 19.8. The zero-order chi connectivity index (χ0) is 15.8. The molecule has 2 aromatic rings. The van der Waals surface area contributed by atoms with Crippen LogP contribution >= 0.6 is 39.9 Å². The van der Waals surface area contributed by atoms with Crippen molar-refractivity contribution in [3.05, 3.63) is 76.3 Å². The summed E-state index contributed by atoms with van der Waals surface area (Å²) in [4.78, 5) is 4.83. The number of fused-ring (bicyclic) bond motifs is 1.